The van der Waals surface area contributed by atoms with E-state index in [9.17, 15) is 14.4 Å². The van der Waals surface area contributed by atoms with Gasteiger partial charge in [-0.15, -0.1) is 11.8 Å². The molecule has 6 nitrogen and oxygen atoms in total. The standard InChI is InChI=1S/C25H25N3O3S/c1-2-22(25(31)28-21-14-7-6-13-20(21)24(26)30)32-19-12-8-11-18(16-19)27-23(29)15-17-9-4-3-5-10-17/h3-14,16,22H,2,15H2,1H3,(H2,26,30)(H,27,29)(H,28,31). The summed E-state index contributed by atoms with van der Waals surface area (Å²) in [6.07, 6.45) is 0.872. The first-order valence-electron chi connectivity index (χ1n) is 10.3. The fraction of sp³-hybridized carbons (Fsp3) is 0.160. The van der Waals surface area contributed by atoms with E-state index < -0.39 is 5.91 Å². The van der Waals surface area contributed by atoms with Gasteiger partial charge >= 0.3 is 0 Å². The van der Waals surface area contributed by atoms with E-state index in [1.54, 1.807) is 24.3 Å². The number of hydrogen-bond donors (Lipinski definition) is 3. The van der Waals surface area contributed by atoms with Crippen LogP contribution in [-0.4, -0.2) is 23.0 Å². The lowest BCUT2D eigenvalue weighted by Crippen LogP contribution is -2.26. The number of benzene rings is 3. The highest BCUT2D eigenvalue weighted by molar-refractivity contribution is 8.00. The van der Waals surface area contributed by atoms with Crippen molar-refractivity contribution >= 4 is 40.9 Å². The van der Waals surface area contributed by atoms with E-state index in [1.165, 1.54) is 11.8 Å². The smallest absolute Gasteiger partial charge is 0.250 e. The Morgan fingerprint density at radius 1 is 0.906 bits per heavy atom. The van der Waals surface area contributed by atoms with Crippen LogP contribution in [0.15, 0.2) is 83.8 Å². The van der Waals surface area contributed by atoms with Crippen LogP contribution in [0.3, 0.4) is 0 Å². The van der Waals surface area contributed by atoms with Gasteiger partial charge in [-0.3, -0.25) is 14.4 Å². The zero-order valence-corrected chi connectivity index (χ0v) is 18.5. The zero-order chi connectivity index (χ0) is 22.9. The fourth-order valence-electron chi connectivity index (χ4n) is 3.14. The number of primary amides is 1. The second kappa shape index (κ2) is 11.2. The van der Waals surface area contributed by atoms with Crippen molar-refractivity contribution < 1.29 is 14.4 Å². The monoisotopic (exact) mass is 447 g/mol. The van der Waals surface area contributed by atoms with Crippen LogP contribution >= 0.6 is 11.8 Å². The minimum atomic E-state index is -0.597. The molecule has 0 saturated heterocycles. The summed E-state index contributed by atoms with van der Waals surface area (Å²) in [4.78, 5) is 37.6. The van der Waals surface area contributed by atoms with Gasteiger partial charge in [0.15, 0.2) is 0 Å². The Balaban J connectivity index is 1.64. The average Bonchev–Trinajstić information content (AvgIpc) is 2.78. The van der Waals surface area contributed by atoms with Gasteiger partial charge in [0.25, 0.3) is 5.91 Å². The molecule has 1 atom stereocenters. The third-order valence-electron chi connectivity index (χ3n) is 4.72. The number of carbonyl (C=O) groups is 3. The van der Waals surface area contributed by atoms with E-state index in [4.69, 9.17) is 5.73 Å². The topological polar surface area (TPSA) is 101 Å². The highest BCUT2D eigenvalue weighted by Crippen LogP contribution is 2.29. The van der Waals surface area contributed by atoms with Gasteiger partial charge in [0.1, 0.15) is 0 Å². The van der Waals surface area contributed by atoms with E-state index >= 15 is 0 Å². The molecule has 3 amide bonds. The Bertz CT molecular complexity index is 1100. The van der Waals surface area contributed by atoms with Gasteiger partial charge in [0, 0.05) is 10.6 Å². The van der Waals surface area contributed by atoms with Crippen LogP contribution in [0.5, 0.6) is 0 Å². The van der Waals surface area contributed by atoms with Crippen LogP contribution in [-0.2, 0) is 16.0 Å². The summed E-state index contributed by atoms with van der Waals surface area (Å²) < 4.78 is 0. The van der Waals surface area contributed by atoms with E-state index in [0.29, 0.717) is 17.8 Å². The molecule has 32 heavy (non-hydrogen) atoms. The first-order chi connectivity index (χ1) is 15.5. The molecule has 0 aliphatic carbocycles. The Morgan fingerprint density at radius 2 is 1.62 bits per heavy atom. The summed E-state index contributed by atoms with van der Waals surface area (Å²) in [6.45, 7) is 1.92. The van der Waals surface area contributed by atoms with Gasteiger partial charge in [-0.05, 0) is 42.3 Å². The average molecular weight is 448 g/mol. The third kappa shape index (κ3) is 6.46. The lowest BCUT2D eigenvalue weighted by Gasteiger charge is -2.16. The van der Waals surface area contributed by atoms with Crippen LogP contribution in [0.25, 0.3) is 0 Å². The first kappa shape index (κ1) is 23.1. The molecular weight excluding hydrogens is 422 g/mol. The number of nitrogens with one attached hydrogen (secondary N) is 2. The van der Waals surface area contributed by atoms with Gasteiger partial charge < -0.3 is 16.4 Å². The van der Waals surface area contributed by atoms with Crippen LogP contribution in [0.2, 0.25) is 0 Å². The van der Waals surface area contributed by atoms with E-state index in [1.807, 2.05) is 61.5 Å². The summed E-state index contributed by atoms with van der Waals surface area (Å²) in [5, 5.41) is 5.33. The maximum absolute atomic E-state index is 12.8. The lowest BCUT2D eigenvalue weighted by atomic mass is 10.1. The van der Waals surface area contributed by atoms with Crippen LogP contribution in [0, 0.1) is 0 Å². The van der Waals surface area contributed by atoms with Crippen LogP contribution in [0.1, 0.15) is 29.3 Å². The molecule has 4 N–H and O–H groups in total. The first-order valence-corrected chi connectivity index (χ1v) is 11.1. The molecule has 7 heteroatoms. The van der Waals surface area contributed by atoms with E-state index in [0.717, 1.165) is 10.5 Å². The van der Waals surface area contributed by atoms with E-state index in [2.05, 4.69) is 10.6 Å². The van der Waals surface area contributed by atoms with E-state index in [-0.39, 0.29) is 29.0 Å². The lowest BCUT2D eigenvalue weighted by molar-refractivity contribution is -0.116. The molecule has 0 fully saturated rings. The van der Waals surface area contributed by atoms with Crippen molar-refractivity contribution in [2.75, 3.05) is 10.6 Å². The second-order valence-corrected chi connectivity index (χ2v) is 8.43. The summed E-state index contributed by atoms with van der Waals surface area (Å²) in [6, 6.07) is 23.6. The number of para-hydroxylation sites is 1. The zero-order valence-electron chi connectivity index (χ0n) is 17.7. The van der Waals surface area contributed by atoms with Gasteiger partial charge in [-0.25, -0.2) is 0 Å². The quantitative estimate of drug-likeness (QED) is 0.421. The molecule has 0 saturated carbocycles. The summed E-state index contributed by atoms with van der Waals surface area (Å²) >= 11 is 1.40. The van der Waals surface area contributed by atoms with Crippen molar-refractivity contribution in [3.8, 4) is 0 Å². The van der Waals surface area contributed by atoms with Crippen molar-refractivity contribution in [2.45, 2.75) is 29.9 Å². The maximum atomic E-state index is 12.8. The summed E-state index contributed by atoms with van der Waals surface area (Å²) in [5.41, 5.74) is 7.67. The Morgan fingerprint density at radius 3 is 2.34 bits per heavy atom. The second-order valence-electron chi connectivity index (χ2n) is 7.15. The predicted molar refractivity (Wildman–Crippen MR) is 129 cm³/mol. The van der Waals surface area contributed by atoms with Gasteiger partial charge in [0.2, 0.25) is 11.8 Å². The summed E-state index contributed by atoms with van der Waals surface area (Å²) in [7, 11) is 0. The Kier molecular flexibility index (Phi) is 8.05. The Hall–Kier alpha value is -3.58. The molecular formula is C25H25N3O3S. The number of anilines is 2. The molecule has 0 heterocycles. The number of amides is 3. The molecule has 0 aromatic heterocycles. The third-order valence-corrected chi connectivity index (χ3v) is 6.08. The Labute approximate surface area is 191 Å². The molecule has 0 radical (unpaired) electrons. The molecule has 3 aromatic rings. The molecule has 3 aromatic carbocycles. The molecule has 0 aliphatic heterocycles. The fourth-order valence-corrected chi connectivity index (χ4v) is 4.15. The molecule has 0 aliphatic rings. The number of nitrogens with two attached hydrogens (primary N) is 1. The molecule has 0 spiro atoms. The molecule has 0 bridgehead atoms. The van der Waals surface area contributed by atoms with Crippen molar-refractivity contribution in [2.24, 2.45) is 5.73 Å². The van der Waals surface area contributed by atoms with Gasteiger partial charge in [-0.2, -0.15) is 0 Å². The van der Waals surface area contributed by atoms with Crippen molar-refractivity contribution in [1.29, 1.82) is 0 Å². The molecule has 164 valence electrons. The van der Waals surface area contributed by atoms with Crippen molar-refractivity contribution in [1.82, 2.24) is 0 Å². The van der Waals surface area contributed by atoms with Crippen molar-refractivity contribution in [3.05, 3.63) is 90.0 Å². The van der Waals surface area contributed by atoms with Gasteiger partial charge in [0.05, 0.1) is 22.9 Å². The summed E-state index contributed by atoms with van der Waals surface area (Å²) in [5.74, 6) is -0.920. The number of hydrogen-bond acceptors (Lipinski definition) is 4. The number of thioether (sulfide) groups is 1. The number of carbonyl (C=O) groups excluding carboxylic acids is 3. The largest absolute Gasteiger partial charge is 0.366 e. The molecule has 1 unspecified atom stereocenters. The number of rotatable bonds is 9. The maximum Gasteiger partial charge on any atom is 0.250 e. The van der Waals surface area contributed by atoms with Crippen LogP contribution in [0.4, 0.5) is 11.4 Å². The highest BCUT2D eigenvalue weighted by atomic mass is 32.2. The minimum Gasteiger partial charge on any atom is -0.366 e. The molecule has 3 rings (SSSR count). The van der Waals surface area contributed by atoms with Crippen molar-refractivity contribution in [3.63, 3.8) is 0 Å². The highest BCUT2D eigenvalue weighted by Gasteiger charge is 2.20. The normalized spacial score (nSPS) is 11.4. The predicted octanol–water partition coefficient (Wildman–Crippen LogP) is 4.48. The van der Waals surface area contributed by atoms with Crippen LogP contribution < -0.4 is 16.4 Å². The van der Waals surface area contributed by atoms with Gasteiger partial charge in [-0.1, -0.05) is 55.5 Å². The minimum absolute atomic E-state index is 0.105. The SMILES string of the molecule is CCC(Sc1cccc(NC(=O)Cc2ccccc2)c1)C(=O)Nc1ccccc1C(N)=O.